The lowest BCUT2D eigenvalue weighted by Gasteiger charge is -2.25. The Morgan fingerprint density at radius 3 is 2.33 bits per heavy atom. The molecule has 1 aliphatic heterocycles. The van der Waals surface area contributed by atoms with E-state index in [-0.39, 0.29) is 24.0 Å². The molecule has 0 atom stereocenters. The molecular weight excluding hydrogens is 337 g/mol. The summed E-state index contributed by atoms with van der Waals surface area (Å²) < 4.78 is 0. The Labute approximate surface area is 129 Å². The molecule has 1 N–H and O–H groups in total. The first-order valence-electron chi connectivity index (χ1n) is 7.27. The molecular formula is C14H28IN3. The van der Waals surface area contributed by atoms with Crippen LogP contribution in [-0.4, -0.2) is 37.0 Å². The van der Waals surface area contributed by atoms with Crippen molar-refractivity contribution in [3.63, 3.8) is 0 Å². The molecule has 2 aliphatic rings. The third-order valence-corrected chi connectivity index (χ3v) is 4.16. The molecule has 0 aromatic rings. The summed E-state index contributed by atoms with van der Waals surface area (Å²) in [4.78, 5) is 7.30. The lowest BCUT2D eigenvalue weighted by atomic mass is 9.89. The Kier molecular flexibility index (Phi) is 6.74. The van der Waals surface area contributed by atoms with Gasteiger partial charge in [0.25, 0.3) is 0 Å². The predicted octanol–water partition coefficient (Wildman–Crippen LogP) is 3.25. The Bertz CT molecular complexity index is 266. The first-order valence-corrected chi connectivity index (χ1v) is 7.27. The van der Waals surface area contributed by atoms with E-state index in [1.54, 1.807) is 0 Å². The van der Waals surface area contributed by atoms with E-state index in [2.05, 4.69) is 24.1 Å². The van der Waals surface area contributed by atoms with Gasteiger partial charge in [-0.25, -0.2) is 0 Å². The Balaban J connectivity index is 0.00000162. The number of hydrogen-bond donors (Lipinski definition) is 1. The third kappa shape index (κ3) is 4.28. The largest absolute Gasteiger partial charge is 0.357 e. The fourth-order valence-electron chi connectivity index (χ4n) is 3.01. The van der Waals surface area contributed by atoms with Gasteiger partial charge in [0, 0.05) is 26.2 Å². The monoisotopic (exact) mass is 365 g/mol. The first kappa shape index (κ1) is 16.1. The summed E-state index contributed by atoms with van der Waals surface area (Å²) in [7, 11) is 0. The number of halogens is 1. The zero-order valence-corrected chi connectivity index (χ0v) is 14.2. The maximum atomic E-state index is 4.88. The van der Waals surface area contributed by atoms with Gasteiger partial charge >= 0.3 is 0 Å². The van der Waals surface area contributed by atoms with Crippen LogP contribution in [-0.2, 0) is 0 Å². The molecule has 0 amide bonds. The number of likely N-dealkylation sites (tertiary alicyclic amines) is 1. The molecule has 1 saturated carbocycles. The lowest BCUT2D eigenvalue weighted by Crippen LogP contribution is -2.40. The van der Waals surface area contributed by atoms with Gasteiger partial charge in [-0.3, -0.25) is 4.99 Å². The van der Waals surface area contributed by atoms with Crippen molar-refractivity contribution in [1.29, 1.82) is 0 Å². The van der Waals surface area contributed by atoms with Crippen LogP contribution in [0.3, 0.4) is 0 Å². The van der Waals surface area contributed by atoms with Crippen LogP contribution in [0.5, 0.6) is 0 Å². The van der Waals surface area contributed by atoms with E-state index in [1.165, 1.54) is 51.6 Å². The summed E-state index contributed by atoms with van der Waals surface area (Å²) in [6.07, 6.45) is 8.15. The molecule has 0 bridgehead atoms. The topological polar surface area (TPSA) is 27.6 Å². The Hall–Kier alpha value is 0. The van der Waals surface area contributed by atoms with Crippen LogP contribution in [0.2, 0.25) is 0 Å². The van der Waals surface area contributed by atoms with Gasteiger partial charge < -0.3 is 10.2 Å². The van der Waals surface area contributed by atoms with E-state index in [4.69, 9.17) is 4.99 Å². The summed E-state index contributed by atoms with van der Waals surface area (Å²) in [5, 5.41) is 3.44. The van der Waals surface area contributed by atoms with Gasteiger partial charge in [0.2, 0.25) is 0 Å². The number of guanidine groups is 1. The average Bonchev–Trinajstić information content (AvgIpc) is 2.96. The Morgan fingerprint density at radius 1 is 1.17 bits per heavy atom. The van der Waals surface area contributed by atoms with Crippen LogP contribution in [0.1, 0.15) is 52.4 Å². The minimum absolute atomic E-state index is 0. The summed E-state index contributed by atoms with van der Waals surface area (Å²) in [6.45, 7) is 8.91. The van der Waals surface area contributed by atoms with E-state index >= 15 is 0 Å². The van der Waals surface area contributed by atoms with E-state index in [1.807, 2.05) is 0 Å². The van der Waals surface area contributed by atoms with Crippen LogP contribution >= 0.6 is 24.0 Å². The van der Waals surface area contributed by atoms with E-state index in [9.17, 15) is 0 Å². The molecule has 0 radical (unpaired) electrons. The summed E-state index contributed by atoms with van der Waals surface area (Å²) in [5.74, 6) is 1.15. The highest BCUT2D eigenvalue weighted by atomic mass is 127. The highest BCUT2D eigenvalue weighted by Crippen LogP contribution is 2.37. The van der Waals surface area contributed by atoms with Crippen molar-refractivity contribution in [1.82, 2.24) is 10.2 Å². The molecule has 2 rings (SSSR count). The minimum Gasteiger partial charge on any atom is -0.357 e. The molecule has 1 aliphatic carbocycles. The molecule has 3 nitrogen and oxygen atoms in total. The molecule has 4 heteroatoms. The zero-order valence-electron chi connectivity index (χ0n) is 11.9. The van der Waals surface area contributed by atoms with Crippen molar-refractivity contribution < 1.29 is 0 Å². The van der Waals surface area contributed by atoms with Gasteiger partial charge in [-0.15, -0.1) is 24.0 Å². The van der Waals surface area contributed by atoms with Gasteiger partial charge in [0.1, 0.15) is 0 Å². The van der Waals surface area contributed by atoms with Crippen LogP contribution in [0.4, 0.5) is 0 Å². The van der Waals surface area contributed by atoms with Crippen molar-refractivity contribution in [2.24, 2.45) is 10.4 Å². The van der Waals surface area contributed by atoms with Gasteiger partial charge in [-0.2, -0.15) is 0 Å². The molecule has 18 heavy (non-hydrogen) atoms. The number of hydrogen-bond acceptors (Lipinski definition) is 1. The maximum Gasteiger partial charge on any atom is 0.193 e. The second kappa shape index (κ2) is 7.56. The second-order valence-electron chi connectivity index (χ2n) is 5.88. The normalized spacial score (nSPS) is 23.0. The van der Waals surface area contributed by atoms with E-state index in [0.29, 0.717) is 5.41 Å². The third-order valence-electron chi connectivity index (χ3n) is 4.16. The highest BCUT2D eigenvalue weighted by Gasteiger charge is 2.28. The van der Waals surface area contributed by atoms with Crippen LogP contribution in [0.25, 0.3) is 0 Å². The van der Waals surface area contributed by atoms with Gasteiger partial charge in [0.05, 0.1) is 0 Å². The van der Waals surface area contributed by atoms with Crippen LogP contribution < -0.4 is 5.32 Å². The fourth-order valence-corrected chi connectivity index (χ4v) is 3.01. The predicted molar refractivity (Wildman–Crippen MR) is 88.8 cm³/mol. The van der Waals surface area contributed by atoms with Crippen molar-refractivity contribution >= 4 is 29.9 Å². The van der Waals surface area contributed by atoms with E-state index in [0.717, 1.165) is 19.0 Å². The van der Waals surface area contributed by atoms with Crippen LogP contribution in [0, 0.1) is 5.41 Å². The number of nitrogens with one attached hydrogen (secondary N) is 1. The highest BCUT2D eigenvalue weighted by molar-refractivity contribution is 14.0. The molecule has 0 aromatic carbocycles. The maximum absolute atomic E-state index is 4.88. The van der Waals surface area contributed by atoms with Gasteiger partial charge in [-0.1, -0.05) is 19.8 Å². The fraction of sp³-hybridized carbons (Fsp3) is 0.929. The number of nitrogens with zero attached hydrogens (tertiary/aromatic N) is 2. The van der Waals surface area contributed by atoms with Gasteiger partial charge in [-0.05, 0) is 38.0 Å². The Morgan fingerprint density at radius 2 is 1.78 bits per heavy atom. The molecule has 106 valence electrons. The number of rotatable bonds is 3. The zero-order chi connectivity index (χ0) is 12.1. The molecule has 1 heterocycles. The van der Waals surface area contributed by atoms with Crippen molar-refractivity contribution in [2.75, 3.05) is 26.2 Å². The second-order valence-corrected chi connectivity index (χ2v) is 5.88. The smallest absolute Gasteiger partial charge is 0.193 e. The quantitative estimate of drug-likeness (QED) is 0.472. The minimum atomic E-state index is 0. The molecule has 0 aromatic heterocycles. The van der Waals surface area contributed by atoms with Crippen molar-refractivity contribution in [3.05, 3.63) is 0 Å². The molecule has 2 fully saturated rings. The van der Waals surface area contributed by atoms with Gasteiger partial charge in [0.15, 0.2) is 5.96 Å². The molecule has 1 saturated heterocycles. The first-order chi connectivity index (χ1) is 8.23. The summed E-state index contributed by atoms with van der Waals surface area (Å²) in [6, 6.07) is 0. The number of aliphatic imine (C=N–C) groups is 1. The molecule has 0 spiro atoms. The van der Waals surface area contributed by atoms with Crippen LogP contribution in [0.15, 0.2) is 4.99 Å². The lowest BCUT2D eigenvalue weighted by molar-refractivity contribution is 0.347. The summed E-state index contributed by atoms with van der Waals surface area (Å²) >= 11 is 0. The SMILES string of the molecule is CCNC(=NCC1(C)CCCC1)N1CCCC1.I. The van der Waals surface area contributed by atoms with E-state index < -0.39 is 0 Å². The summed E-state index contributed by atoms with van der Waals surface area (Å²) in [5.41, 5.74) is 0.473. The average molecular weight is 365 g/mol. The van der Waals surface area contributed by atoms with Crippen molar-refractivity contribution in [2.45, 2.75) is 52.4 Å². The molecule has 0 unspecified atom stereocenters. The van der Waals surface area contributed by atoms with Crippen molar-refractivity contribution in [3.8, 4) is 0 Å². The standard InChI is InChI=1S/C14H27N3.HI/c1-3-15-13(17-10-6-7-11-17)16-12-14(2)8-4-5-9-14;/h3-12H2,1-2H3,(H,15,16);1H.